The molecule has 14 heavy (non-hydrogen) atoms. The number of hydrogen-bond donors (Lipinski definition) is 1. The summed E-state index contributed by atoms with van der Waals surface area (Å²) < 4.78 is 0.984. The van der Waals surface area contributed by atoms with E-state index in [1.165, 1.54) is 0 Å². The van der Waals surface area contributed by atoms with Crippen molar-refractivity contribution < 1.29 is 0 Å². The highest BCUT2D eigenvalue weighted by Crippen LogP contribution is 2.22. The molecule has 2 rings (SSSR count). The number of halogens is 2. The highest BCUT2D eigenvalue weighted by Gasteiger charge is 2.16. The van der Waals surface area contributed by atoms with E-state index in [2.05, 4.69) is 33.2 Å². The van der Waals surface area contributed by atoms with Crippen molar-refractivity contribution in [3.05, 3.63) is 33.3 Å². The van der Waals surface area contributed by atoms with Gasteiger partial charge in [0.2, 0.25) is 0 Å². The fourth-order valence-corrected chi connectivity index (χ4v) is 2.16. The van der Waals surface area contributed by atoms with Gasteiger partial charge in [-0.3, -0.25) is 4.99 Å². The van der Waals surface area contributed by atoms with Crippen molar-refractivity contribution in [2.24, 2.45) is 4.99 Å². The molecular weight excluding hydrogens is 263 g/mol. The van der Waals surface area contributed by atoms with Gasteiger partial charge >= 0.3 is 0 Å². The first kappa shape index (κ1) is 9.99. The third-order valence-corrected chi connectivity index (χ3v) is 2.90. The highest BCUT2D eigenvalue weighted by molar-refractivity contribution is 9.10. The minimum absolute atomic E-state index is 0.407. The molecular formula is C10H10BrClN2. The van der Waals surface area contributed by atoms with E-state index in [0.717, 1.165) is 27.4 Å². The van der Waals surface area contributed by atoms with Crippen LogP contribution >= 0.6 is 27.5 Å². The van der Waals surface area contributed by atoms with E-state index in [-0.39, 0.29) is 0 Å². The molecule has 1 aromatic carbocycles. The summed E-state index contributed by atoms with van der Waals surface area (Å²) in [5, 5.41) is 4.00. The average molecular weight is 274 g/mol. The Balaban J connectivity index is 2.33. The zero-order valence-electron chi connectivity index (χ0n) is 7.72. The molecule has 2 nitrogen and oxygen atoms in total. The third kappa shape index (κ3) is 1.93. The quantitative estimate of drug-likeness (QED) is 0.836. The molecule has 0 saturated carbocycles. The van der Waals surface area contributed by atoms with E-state index in [1.807, 2.05) is 18.2 Å². The number of rotatable bonds is 1. The molecule has 1 N–H and O–H groups in total. The predicted octanol–water partition coefficient (Wildman–Crippen LogP) is 2.84. The second kappa shape index (κ2) is 3.91. The molecule has 1 unspecified atom stereocenters. The summed E-state index contributed by atoms with van der Waals surface area (Å²) in [7, 11) is 0. The van der Waals surface area contributed by atoms with E-state index in [9.17, 15) is 0 Å². The maximum atomic E-state index is 6.11. The van der Waals surface area contributed by atoms with Gasteiger partial charge in [-0.1, -0.05) is 27.5 Å². The van der Waals surface area contributed by atoms with E-state index in [0.29, 0.717) is 6.04 Å². The lowest BCUT2D eigenvalue weighted by atomic mass is 10.2. The largest absolute Gasteiger partial charge is 0.366 e. The summed E-state index contributed by atoms with van der Waals surface area (Å²) >= 11 is 9.48. The van der Waals surface area contributed by atoms with Crippen molar-refractivity contribution in [3.63, 3.8) is 0 Å². The zero-order valence-corrected chi connectivity index (χ0v) is 10.1. The summed E-state index contributed by atoms with van der Waals surface area (Å²) in [6, 6.07) is 6.22. The first-order chi connectivity index (χ1) is 6.66. The SMILES string of the molecule is CC1CN=C(c2ccc(Br)cc2Cl)N1. The van der Waals surface area contributed by atoms with E-state index in [4.69, 9.17) is 11.6 Å². The fraction of sp³-hybridized carbons (Fsp3) is 0.300. The molecule has 4 heteroatoms. The van der Waals surface area contributed by atoms with E-state index < -0.39 is 0 Å². The van der Waals surface area contributed by atoms with Crippen molar-refractivity contribution >= 4 is 33.4 Å². The minimum atomic E-state index is 0.407. The Bertz CT molecular complexity index is 390. The summed E-state index contributed by atoms with van der Waals surface area (Å²) in [4.78, 5) is 4.38. The topological polar surface area (TPSA) is 24.4 Å². The van der Waals surface area contributed by atoms with Crippen LogP contribution in [0.25, 0.3) is 0 Å². The summed E-state index contributed by atoms with van der Waals surface area (Å²) in [5.74, 6) is 0.898. The second-order valence-corrected chi connectivity index (χ2v) is 4.68. The van der Waals surface area contributed by atoms with Crippen LogP contribution in [-0.2, 0) is 0 Å². The lowest BCUT2D eigenvalue weighted by Gasteiger charge is -2.07. The lowest BCUT2D eigenvalue weighted by molar-refractivity contribution is 0.726. The van der Waals surface area contributed by atoms with E-state index >= 15 is 0 Å². The van der Waals surface area contributed by atoms with Crippen LogP contribution in [0, 0.1) is 0 Å². The van der Waals surface area contributed by atoms with Gasteiger partial charge in [-0.25, -0.2) is 0 Å². The third-order valence-electron chi connectivity index (χ3n) is 2.09. The Kier molecular flexibility index (Phi) is 2.79. The molecule has 0 amide bonds. The average Bonchev–Trinajstić information content (AvgIpc) is 2.51. The van der Waals surface area contributed by atoms with Gasteiger partial charge in [0.05, 0.1) is 11.6 Å². The van der Waals surface area contributed by atoms with Crippen LogP contribution in [0.1, 0.15) is 12.5 Å². The molecule has 1 aliphatic heterocycles. The Morgan fingerprint density at radius 2 is 2.36 bits per heavy atom. The second-order valence-electron chi connectivity index (χ2n) is 3.36. The van der Waals surface area contributed by atoms with Crippen molar-refractivity contribution in [1.82, 2.24) is 5.32 Å². The molecule has 0 spiro atoms. The van der Waals surface area contributed by atoms with Gasteiger partial charge in [0, 0.05) is 16.1 Å². The zero-order chi connectivity index (χ0) is 10.1. The van der Waals surface area contributed by atoms with E-state index in [1.54, 1.807) is 0 Å². The maximum Gasteiger partial charge on any atom is 0.130 e. The minimum Gasteiger partial charge on any atom is -0.366 e. The molecule has 74 valence electrons. The molecule has 1 heterocycles. The van der Waals surface area contributed by atoms with Crippen molar-refractivity contribution in [2.45, 2.75) is 13.0 Å². The standard InChI is InChI=1S/C10H10BrClN2/c1-6-5-13-10(14-6)8-3-2-7(11)4-9(8)12/h2-4,6H,5H2,1H3,(H,13,14). The fourth-order valence-electron chi connectivity index (χ4n) is 1.40. The summed E-state index contributed by atoms with van der Waals surface area (Å²) in [6.07, 6.45) is 0. The molecule has 0 aromatic heterocycles. The van der Waals surface area contributed by atoms with Gasteiger partial charge in [0.15, 0.2) is 0 Å². The van der Waals surface area contributed by atoms with Crippen LogP contribution in [0.3, 0.4) is 0 Å². The Hall–Kier alpha value is -0.540. The Morgan fingerprint density at radius 3 is 2.93 bits per heavy atom. The molecule has 0 radical (unpaired) electrons. The number of benzene rings is 1. The molecule has 0 saturated heterocycles. The lowest BCUT2D eigenvalue weighted by Crippen LogP contribution is -2.27. The number of amidine groups is 1. The van der Waals surface area contributed by atoms with Crippen LogP contribution in [0.2, 0.25) is 5.02 Å². The van der Waals surface area contributed by atoms with Crippen LogP contribution in [0.15, 0.2) is 27.7 Å². The van der Waals surface area contributed by atoms with Gasteiger partial charge in [-0.15, -0.1) is 0 Å². The van der Waals surface area contributed by atoms with Crippen molar-refractivity contribution in [3.8, 4) is 0 Å². The maximum absolute atomic E-state index is 6.11. The smallest absolute Gasteiger partial charge is 0.130 e. The number of nitrogens with one attached hydrogen (secondary N) is 1. The first-order valence-electron chi connectivity index (χ1n) is 4.43. The Morgan fingerprint density at radius 1 is 1.57 bits per heavy atom. The summed E-state index contributed by atoms with van der Waals surface area (Å²) in [6.45, 7) is 2.92. The van der Waals surface area contributed by atoms with Crippen LogP contribution in [0.5, 0.6) is 0 Å². The first-order valence-corrected chi connectivity index (χ1v) is 5.60. The molecule has 1 atom stereocenters. The van der Waals surface area contributed by atoms with Crippen LogP contribution < -0.4 is 5.32 Å². The van der Waals surface area contributed by atoms with Gasteiger partial charge in [-0.05, 0) is 25.1 Å². The normalized spacial score (nSPS) is 20.5. The molecule has 1 aromatic rings. The molecule has 1 aliphatic rings. The van der Waals surface area contributed by atoms with Crippen molar-refractivity contribution in [2.75, 3.05) is 6.54 Å². The molecule has 0 bridgehead atoms. The van der Waals surface area contributed by atoms with Gasteiger partial charge < -0.3 is 5.32 Å². The van der Waals surface area contributed by atoms with Gasteiger partial charge in [0.25, 0.3) is 0 Å². The van der Waals surface area contributed by atoms with Gasteiger partial charge in [0.1, 0.15) is 5.84 Å². The summed E-state index contributed by atoms with van der Waals surface area (Å²) in [5.41, 5.74) is 0.971. The van der Waals surface area contributed by atoms with Crippen molar-refractivity contribution in [1.29, 1.82) is 0 Å². The molecule has 0 fully saturated rings. The molecule has 0 aliphatic carbocycles. The highest BCUT2D eigenvalue weighted by atomic mass is 79.9. The monoisotopic (exact) mass is 272 g/mol. The number of hydrogen-bond acceptors (Lipinski definition) is 2. The number of nitrogens with zero attached hydrogens (tertiary/aromatic N) is 1. The Labute approximate surface area is 96.5 Å². The van der Waals surface area contributed by atoms with Crippen LogP contribution in [-0.4, -0.2) is 18.4 Å². The van der Waals surface area contributed by atoms with Crippen LogP contribution in [0.4, 0.5) is 0 Å². The predicted molar refractivity (Wildman–Crippen MR) is 63.2 cm³/mol. The number of aliphatic imine (C=N–C) groups is 1. The van der Waals surface area contributed by atoms with Gasteiger partial charge in [-0.2, -0.15) is 0 Å².